The Labute approximate surface area is 144 Å². The summed E-state index contributed by atoms with van der Waals surface area (Å²) in [4.78, 5) is 24.0. The van der Waals surface area contributed by atoms with E-state index in [0.29, 0.717) is 24.6 Å². The van der Waals surface area contributed by atoms with Crippen LogP contribution in [-0.2, 0) is 13.6 Å². The Morgan fingerprint density at radius 2 is 2.08 bits per heavy atom. The average Bonchev–Trinajstić information content (AvgIpc) is 3.28. The molecule has 1 aliphatic carbocycles. The van der Waals surface area contributed by atoms with Crippen LogP contribution in [0.3, 0.4) is 0 Å². The molecule has 0 N–H and O–H groups in total. The van der Waals surface area contributed by atoms with Crippen molar-refractivity contribution < 1.29 is 4.79 Å². The van der Waals surface area contributed by atoms with Crippen molar-refractivity contribution in [3.8, 4) is 0 Å². The summed E-state index contributed by atoms with van der Waals surface area (Å²) in [6, 6.07) is 1.77. The van der Waals surface area contributed by atoms with Gasteiger partial charge >= 0.3 is 0 Å². The summed E-state index contributed by atoms with van der Waals surface area (Å²) in [5.41, 5.74) is 2.23. The Balaban J connectivity index is 1.47. The van der Waals surface area contributed by atoms with Crippen LogP contribution in [0, 0.1) is 0 Å². The first-order valence-electron chi connectivity index (χ1n) is 8.65. The molecular weight excluding hydrogens is 318 g/mol. The molecule has 0 spiro atoms. The van der Waals surface area contributed by atoms with Crippen molar-refractivity contribution in [1.82, 2.24) is 34.4 Å². The van der Waals surface area contributed by atoms with Gasteiger partial charge in [-0.05, 0) is 25.8 Å². The number of nitrogens with zero attached hydrogens (tertiary/aromatic N) is 7. The first kappa shape index (κ1) is 14.6. The van der Waals surface area contributed by atoms with Gasteiger partial charge in [-0.25, -0.2) is 9.67 Å². The van der Waals surface area contributed by atoms with Gasteiger partial charge in [0.2, 0.25) is 0 Å². The van der Waals surface area contributed by atoms with E-state index >= 15 is 0 Å². The first-order valence-corrected chi connectivity index (χ1v) is 8.65. The highest BCUT2D eigenvalue weighted by molar-refractivity contribution is 5.96. The quantitative estimate of drug-likeness (QED) is 0.710. The van der Waals surface area contributed by atoms with Gasteiger partial charge in [0.15, 0.2) is 5.82 Å². The summed E-state index contributed by atoms with van der Waals surface area (Å²) in [7, 11) is 1.85. The number of amides is 1. The highest BCUT2D eigenvalue weighted by Gasteiger charge is 2.35. The van der Waals surface area contributed by atoms with E-state index in [1.807, 2.05) is 29.6 Å². The van der Waals surface area contributed by atoms with Crippen molar-refractivity contribution in [2.24, 2.45) is 7.05 Å². The van der Waals surface area contributed by atoms with Gasteiger partial charge in [-0.15, -0.1) is 0 Å². The van der Waals surface area contributed by atoms with E-state index in [1.54, 1.807) is 17.1 Å². The number of hydrogen-bond donors (Lipinski definition) is 0. The number of fused-ring (bicyclic) bond motifs is 2. The van der Waals surface area contributed by atoms with Crippen LogP contribution in [-0.4, -0.2) is 46.9 Å². The summed E-state index contributed by atoms with van der Waals surface area (Å²) in [6.45, 7) is 3.33. The largest absolute Gasteiger partial charge is 0.327 e. The molecule has 0 saturated heterocycles. The predicted molar refractivity (Wildman–Crippen MR) is 90.0 cm³/mol. The molecule has 1 fully saturated rings. The minimum atomic E-state index is -0.0940. The maximum absolute atomic E-state index is 13.0. The van der Waals surface area contributed by atoms with Crippen LogP contribution in [0.5, 0.6) is 0 Å². The van der Waals surface area contributed by atoms with Crippen LogP contribution >= 0.6 is 0 Å². The van der Waals surface area contributed by atoms with Gasteiger partial charge in [-0.2, -0.15) is 10.2 Å². The van der Waals surface area contributed by atoms with Crippen molar-refractivity contribution in [2.75, 3.05) is 6.54 Å². The Hall–Kier alpha value is -2.77. The fraction of sp³-hybridized carbons (Fsp3) is 0.471. The highest BCUT2D eigenvalue weighted by atomic mass is 16.2. The molecule has 1 aliphatic heterocycles. The average molecular weight is 337 g/mol. The monoisotopic (exact) mass is 337 g/mol. The zero-order valence-electron chi connectivity index (χ0n) is 14.3. The van der Waals surface area contributed by atoms with E-state index in [4.69, 9.17) is 4.98 Å². The SMILES string of the molecule is C[C@@H]1c2nc(C3CC3)nn2CCN1C(=O)c1cnc2cnn(C)c2c1. The molecule has 3 aromatic heterocycles. The van der Waals surface area contributed by atoms with Gasteiger partial charge in [0, 0.05) is 25.7 Å². The van der Waals surface area contributed by atoms with E-state index in [-0.39, 0.29) is 11.9 Å². The lowest BCUT2D eigenvalue weighted by molar-refractivity contribution is 0.0630. The lowest BCUT2D eigenvalue weighted by atomic mass is 10.1. The number of carbonyl (C=O) groups is 1. The maximum Gasteiger partial charge on any atom is 0.256 e. The highest BCUT2D eigenvalue weighted by Crippen LogP contribution is 2.39. The number of aromatic nitrogens is 6. The van der Waals surface area contributed by atoms with Crippen LogP contribution in [0.2, 0.25) is 0 Å². The number of carbonyl (C=O) groups excluding carboxylic acids is 1. The van der Waals surface area contributed by atoms with Crippen LogP contribution in [0.1, 0.15) is 53.7 Å². The minimum absolute atomic E-state index is 0.0229. The molecule has 0 aromatic carbocycles. The Morgan fingerprint density at radius 3 is 2.88 bits per heavy atom. The van der Waals surface area contributed by atoms with Gasteiger partial charge < -0.3 is 4.90 Å². The van der Waals surface area contributed by atoms with Crippen molar-refractivity contribution in [3.05, 3.63) is 35.7 Å². The molecule has 0 radical (unpaired) electrons. The van der Waals surface area contributed by atoms with E-state index in [2.05, 4.69) is 15.2 Å². The van der Waals surface area contributed by atoms with E-state index in [9.17, 15) is 4.79 Å². The van der Waals surface area contributed by atoms with E-state index in [1.165, 1.54) is 12.8 Å². The normalized spacial score (nSPS) is 20.1. The van der Waals surface area contributed by atoms with Crippen LogP contribution in [0.25, 0.3) is 11.0 Å². The zero-order chi connectivity index (χ0) is 17.1. The topological polar surface area (TPSA) is 81.7 Å². The zero-order valence-corrected chi connectivity index (χ0v) is 14.3. The van der Waals surface area contributed by atoms with Gasteiger partial charge in [0.05, 0.1) is 29.9 Å². The lowest BCUT2D eigenvalue weighted by Gasteiger charge is -2.32. The number of aryl methyl sites for hydroxylation is 1. The summed E-state index contributed by atoms with van der Waals surface area (Å²) >= 11 is 0. The molecule has 1 atom stereocenters. The third kappa shape index (κ3) is 2.24. The van der Waals surface area contributed by atoms with Crippen LogP contribution in [0.15, 0.2) is 18.5 Å². The third-order valence-electron chi connectivity index (χ3n) is 5.16. The molecule has 8 heteroatoms. The Bertz CT molecular complexity index is 984. The molecular formula is C17H19N7O. The number of pyridine rings is 1. The Kier molecular flexibility index (Phi) is 2.98. The first-order chi connectivity index (χ1) is 12.1. The van der Waals surface area contributed by atoms with E-state index < -0.39 is 0 Å². The fourth-order valence-electron chi connectivity index (χ4n) is 3.48. The van der Waals surface area contributed by atoms with E-state index in [0.717, 1.165) is 22.7 Å². The molecule has 2 aliphatic rings. The van der Waals surface area contributed by atoms with Crippen molar-refractivity contribution >= 4 is 16.9 Å². The molecule has 0 unspecified atom stereocenters. The molecule has 25 heavy (non-hydrogen) atoms. The second-order valence-corrected chi connectivity index (χ2v) is 6.90. The molecule has 8 nitrogen and oxygen atoms in total. The van der Waals surface area contributed by atoms with Crippen molar-refractivity contribution in [2.45, 2.75) is 38.3 Å². The molecule has 1 amide bonds. The summed E-state index contributed by atoms with van der Waals surface area (Å²) in [5.74, 6) is 2.32. The molecule has 1 saturated carbocycles. The molecule has 5 rings (SSSR count). The van der Waals surface area contributed by atoms with Gasteiger partial charge in [0.1, 0.15) is 11.3 Å². The Morgan fingerprint density at radius 1 is 1.24 bits per heavy atom. The van der Waals surface area contributed by atoms with Crippen LogP contribution in [0.4, 0.5) is 0 Å². The second-order valence-electron chi connectivity index (χ2n) is 6.90. The summed E-state index contributed by atoms with van der Waals surface area (Å²) in [5, 5.41) is 8.81. The molecule has 3 aromatic rings. The van der Waals surface area contributed by atoms with Crippen LogP contribution < -0.4 is 0 Å². The van der Waals surface area contributed by atoms with Gasteiger partial charge in [-0.3, -0.25) is 14.5 Å². The van der Waals surface area contributed by atoms with Crippen molar-refractivity contribution in [3.63, 3.8) is 0 Å². The predicted octanol–water partition coefficient (Wildman–Crippen LogP) is 1.65. The maximum atomic E-state index is 13.0. The molecule has 0 bridgehead atoms. The molecule has 128 valence electrons. The summed E-state index contributed by atoms with van der Waals surface area (Å²) < 4.78 is 3.70. The standard InChI is InChI=1S/C17H19N7O/c1-10-16-20-15(11-3-4-11)21-24(16)6-5-23(10)17(25)12-7-14-13(18-8-12)9-19-22(14)2/h7-11H,3-6H2,1-2H3/t10-/m1/s1. The van der Waals surface area contributed by atoms with Gasteiger partial charge in [-0.1, -0.05) is 0 Å². The smallest absolute Gasteiger partial charge is 0.256 e. The van der Waals surface area contributed by atoms with Gasteiger partial charge in [0.25, 0.3) is 5.91 Å². The number of hydrogen-bond acceptors (Lipinski definition) is 5. The lowest BCUT2D eigenvalue weighted by Crippen LogP contribution is -2.41. The minimum Gasteiger partial charge on any atom is -0.327 e. The molecule has 4 heterocycles. The summed E-state index contributed by atoms with van der Waals surface area (Å²) in [6.07, 6.45) is 5.69. The number of rotatable bonds is 2. The van der Waals surface area contributed by atoms with Crippen molar-refractivity contribution in [1.29, 1.82) is 0 Å². The fourth-order valence-corrected chi connectivity index (χ4v) is 3.48. The second kappa shape index (κ2) is 5.11. The third-order valence-corrected chi connectivity index (χ3v) is 5.16.